The van der Waals surface area contributed by atoms with Gasteiger partial charge in [-0.05, 0) is 7.05 Å². The Bertz CT molecular complexity index is 146. The van der Waals surface area contributed by atoms with Gasteiger partial charge in [0.25, 0.3) is 0 Å². The predicted molar refractivity (Wildman–Crippen MR) is 39.5 cm³/mol. The van der Waals surface area contributed by atoms with E-state index >= 15 is 0 Å². The number of nitrogens with one attached hydrogen (secondary N) is 1. The molecular formula is C6H13NO4. The highest BCUT2D eigenvalue weighted by Crippen LogP contribution is 1.89. The lowest BCUT2D eigenvalue weighted by molar-refractivity contribution is -0.145. The maximum absolute atomic E-state index is 10.1. The minimum absolute atomic E-state index is 0. The van der Waals surface area contributed by atoms with E-state index in [1.807, 2.05) is 0 Å². The summed E-state index contributed by atoms with van der Waals surface area (Å²) in [5.74, 6) is -2.27. The van der Waals surface area contributed by atoms with Crippen molar-refractivity contribution in [2.75, 3.05) is 7.05 Å². The number of hydrogen-bond donors (Lipinski definition) is 3. The fourth-order valence-electron chi connectivity index (χ4n) is 0.487. The van der Waals surface area contributed by atoms with Gasteiger partial charge in [-0.2, -0.15) is 0 Å². The summed E-state index contributed by atoms with van der Waals surface area (Å²) >= 11 is 0. The van der Waals surface area contributed by atoms with Crippen molar-refractivity contribution in [3.8, 4) is 0 Å². The molecule has 11 heavy (non-hydrogen) atoms. The van der Waals surface area contributed by atoms with Gasteiger partial charge in [-0.15, -0.1) is 0 Å². The van der Waals surface area contributed by atoms with Crippen molar-refractivity contribution in [3.05, 3.63) is 0 Å². The number of carboxylic acid groups (broad SMARTS) is 2. The molecule has 1 atom stereocenters. The molecule has 0 saturated carbocycles. The van der Waals surface area contributed by atoms with Crippen molar-refractivity contribution >= 4 is 11.9 Å². The van der Waals surface area contributed by atoms with E-state index in [1.165, 1.54) is 7.05 Å². The minimum atomic E-state index is -1.15. The van der Waals surface area contributed by atoms with E-state index in [4.69, 9.17) is 10.2 Å². The van der Waals surface area contributed by atoms with Crippen LogP contribution in [-0.4, -0.2) is 35.2 Å². The normalized spacial score (nSPS) is 11.4. The van der Waals surface area contributed by atoms with Gasteiger partial charge in [0.1, 0.15) is 6.04 Å². The third-order valence-electron chi connectivity index (χ3n) is 1.03. The first-order chi connectivity index (χ1) is 4.57. The van der Waals surface area contributed by atoms with E-state index < -0.39 is 24.4 Å². The standard InChI is InChI=1S/C5H9NO4.CH4/c1-6-3(5(9)10)2-4(7)8;/h3,6H,2H2,1H3,(H,7,8)(H,9,10);1H4. The SMILES string of the molecule is C.CNC(CC(=O)O)C(=O)O. The maximum atomic E-state index is 10.1. The summed E-state index contributed by atoms with van der Waals surface area (Å²) in [7, 11) is 1.40. The van der Waals surface area contributed by atoms with Crippen molar-refractivity contribution in [1.29, 1.82) is 0 Å². The lowest BCUT2D eigenvalue weighted by Gasteiger charge is -2.06. The van der Waals surface area contributed by atoms with Crippen molar-refractivity contribution in [1.82, 2.24) is 5.32 Å². The highest BCUT2D eigenvalue weighted by Gasteiger charge is 2.17. The smallest absolute Gasteiger partial charge is 0.321 e. The molecule has 5 nitrogen and oxygen atoms in total. The molecule has 66 valence electrons. The molecule has 0 bridgehead atoms. The van der Waals surface area contributed by atoms with Gasteiger partial charge in [-0.25, -0.2) is 0 Å². The van der Waals surface area contributed by atoms with Crippen molar-refractivity contribution in [2.24, 2.45) is 0 Å². The Labute approximate surface area is 65.0 Å². The first-order valence-electron chi connectivity index (χ1n) is 2.69. The first kappa shape index (κ1) is 12.6. The number of rotatable bonds is 4. The molecule has 0 aromatic rings. The van der Waals surface area contributed by atoms with Gasteiger partial charge >= 0.3 is 11.9 Å². The molecule has 0 saturated heterocycles. The van der Waals surface area contributed by atoms with Gasteiger partial charge in [0.2, 0.25) is 0 Å². The van der Waals surface area contributed by atoms with Crippen LogP contribution in [0.2, 0.25) is 0 Å². The van der Waals surface area contributed by atoms with Crippen LogP contribution in [0.1, 0.15) is 13.8 Å². The van der Waals surface area contributed by atoms with Gasteiger partial charge in [-0.1, -0.05) is 7.43 Å². The molecule has 0 spiro atoms. The van der Waals surface area contributed by atoms with E-state index in [9.17, 15) is 9.59 Å². The molecule has 0 fully saturated rings. The topological polar surface area (TPSA) is 86.6 Å². The third-order valence-corrected chi connectivity index (χ3v) is 1.03. The molecule has 0 aromatic carbocycles. The van der Waals surface area contributed by atoms with Crippen LogP contribution >= 0.6 is 0 Å². The third kappa shape index (κ3) is 5.35. The van der Waals surface area contributed by atoms with E-state index in [-0.39, 0.29) is 7.43 Å². The number of hydrogen-bond acceptors (Lipinski definition) is 3. The Hall–Kier alpha value is -1.10. The summed E-state index contributed by atoms with van der Waals surface area (Å²) in [6, 6.07) is -0.988. The van der Waals surface area contributed by atoms with Crippen LogP contribution < -0.4 is 5.32 Å². The quantitative estimate of drug-likeness (QED) is 0.533. The second-order valence-electron chi connectivity index (χ2n) is 1.78. The monoisotopic (exact) mass is 163 g/mol. The van der Waals surface area contributed by atoms with E-state index in [0.29, 0.717) is 0 Å². The lowest BCUT2D eigenvalue weighted by Crippen LogP contribution is -2.35. The van der Waals surface area contributed by atoms with Crippen LogP contribution in [-0.2, 0) is 9.59 Å². The van der Waals surface area contributed by atoms with Crippen molar-refractivity contribution in [2.45, 2.75) is 19.9 Å². The molecule has 3 N–H and O–H groups in total. The molecule has 0 aliphatic carbocycles. The number of carboxylic acids is 2. The Balaban J connectivity index is 0. The van der Waals surface area contributed by atoms with Crippen molar-refractivity contribution < 1.29 is 19.8 Å². The van der Waals surface area contributed by atoms with Crippen LogP contribution in [0.25, 0.3) is 0 Å². The average molecular weight is 163 g/mol. The zero-order chi connectivity index (χ0) is 8.15. The summed E-state index contributed by atoms with van der Waals surface area (Å²) in [6.45, 7) is 0. The fraction of sp³-hybridized carbons (Fsp3) is 0.667. The van der Waals surface area contributed by atoms with Gasteiger partial charge in [0.05, 0.1) is 6.42 Å². The summed E-state index contributed by atoms with van der Waals surface area (Å²) in [4.78, 5) is 20.1. The maximum Gasteiger partial charge on any atom is 0.321 e. The van der Waals surface area contributed by atoms with Gasteiger partial charge < -0.3 is 15.5 Å². The Kier molecular flexibility index (Phi) is 6.47. The number of aliphatic carboxylic acids is 2. The van der Waals surface area contributed by atoms with E-state index in [1.54, 1.807) is 0 Å². The van der Waals surface area contributed by atoms with Crippen molar-refractivity contribution in [3.63, 3.8) is 0 Å². The summed E-state index contributed by atoms with van der Waals surface area (Å²) < 4.78 is 0. The molecule has 0 aliphatic heterocycles. The number of carbonyl (C=O) groups is 2. The fourth-order valence-corrected chi connectivity index (χ4v) is 0.487. The summed E-state index contributed by atoms with van der Waals surface area (Å²) in [5.41, 5.74) is 0. The molecule has 0 aliphatic rings. The van der Waals surface area contributed by atoms with Gasteiger partial charge in [0, 0.05) is 0 Å². The molecule has 0 aromatic heterocycles. The Morgan fingerprint density at radius 1 is 1.45 bits per heavy atom. The first-order valence-corrected chi connectivity index (χ1v) is 2.69. The number of likely N-dealkylation sites (N-methyl/N-ethyl adjacent to an activating group) is 1. The van der Waals surface area contributed by atoms with E-state index in [0.717, 1.165) is 0 Å². The second kappa shape index (κ2) is 5.67. The molecule has 1 unspecified atom stereocenters. The molecule has 0 rings (SSSR count). The molecule has 0 heterocycles. The van der Waals surface area contributed by atoms with E-state index in [2.05, 4.69) is 5.32 Å². The van der Waals surface area contributed by atoms with Crippen LogP contribution in [0, 0.1) is 0 Å². The van der Waals surface area contributed by atoms with Gasteiger partial charge in [0.15, 0.2) is 0 Å². The Morgan fingerprint density at radius 3 is 2.00 bits per heavy atom. The predicted octanol–water partition coefficient (Wildman–Crippen LogP) is -0.230. The molecule has 0 radical (unpaired) electrons. The molecule has 5 heteroatoms. The zero-order valence-corrected chi connectivity index (χ0v) is 5.50. The van der Waals surface area contributed by atoms with Crippen LogP contribution in [0.3, 0.4) is 0 Å². The van der Waals surface area contributed by atoms with Crippen LogP contribution in [0.4, 0.5) is 0 Å². The highest BCUT2D eigenvalue weighted by molar-refractivity contribution is 5.80. The highest BCUT2D eigenvalue weighted by atomic mass is 16.4. The molecule has 0 amide bonds. The summed E-state index contributed by atoms with van der Waals surface area (Å²) in [5, 5.41) is 18.8. The van der Waals surface area contributed by atoms with Crippen LogP contribution in [0.5, 0.6) is 0 Å². The average Bonchev–Trinajstić information content (AvgIpc) is 1.81. The van der Waals surface area contributed by atoms with Gasteiger partial charge in [-0.3, -0.25) is 9.59 Å². The Morgan fingerprint density at radius 2 is 1.91 bits per heavy atom. The van der Waals surface area contributed by atoms with Crippen LogP contribution in [0.15, 0.2) is 0 Å². The molecular weight excluding hydrogens is 150 g/mol. The zero-order valence-electron chi connectivity index (χ0n) is 5.50. The largest absolute Gasteiger partial charge is 0.481 e. The second-order valence-corrected chi connectivity index (χ2v) is 1.78. The minimum Gasteiger partial charge on any atom is -0.481 e. The summed E-state index contributed by atoms with van der Waals surface area (Å²) in [6.07, 6.45) is -0.397. The lowest BCUT2D eigenvalue weighted by atomic mass is 10.2.